The Balaban J connectivity index is 2.36. The van der Waals surface area contributed by atoms with Crippen LogP contribution in [0.25, 0.3) is 0 Å². The maximum Gasteiger partial charge on any atom is 0.344 e. The number of H-pyrrole nitrogens is 1. The summed E-state index contributed by atoms with van der Waals surface area (Å²) in [6.07, 6.45) is 0.705. The topological polar surface area (TPSA) is 102 Å². The normalized spacial score (nSPS) is 11.2. The van der Waals surface area contributed by atoms with Crippen LogP contribution in [-0.2, 0) is 6.42 Å². The summed E-state index contributed by atoms with van der Waals surface area (Å²) in [5.74, 6) is 1.10. The zero-order valence-corrected chi connectivity index (χ0v) is 11.9. The van der Waals surface area contributed by atoms with E-state index in [4.69, 9.17) is 5.73 Å². The average molecular weight is 280 g/mol. The lowest BCUT2D eigenvalue weighted by atomic mass is 10.4. The van der Waals surface area contributed by atoms with Gasteiger partial charge >= 0.3 is 5.69 Å². The molecule has 0 spiro atoms. The molecular formula is C11H16N6OS. The Kier molecular flexibility index (Phi) is 3.89. The molecule has 0 fully saturated rings. The van der Waals surface area contributed by atoms with Gasteiger partial charge in [-0.05, 0) is 25.6 Å². The van der Waals surface area contributed by atoms with Crippen molar-refractivity contribution >= 4 is 17.6 Å². The molecule has 0 saturated carbocycles. The number of anilines is 1. The van der Waals surface area contributed by atoms with Gasteiger partial charge in [0.1, 0.15) is 16.7 Å². The summed E-state index contributed by atoms with van der Waals surface area (Å²) >= 11 is 1.30. The number of aromatic nitrogens is 5. The molecule has 2 aromatic rings. The van der Waals surface area contributed by atoms with Crippen molar-refractivity contribution in [3.63, 3.8) is 0 Å². The summed E-state index contributed by atoms with van der Waals surface area (Å²) in [6.45, 7) is 5.81. The molecule has 0 aromatic carbocycles. The minimum absolute atomic E-state index is 0.0265. The van der Waals surface area contributed by atoms with Crippen LogP contribution in [0.4, 0.5) is 5.82 Å². The molecule has 0 bridgehead atoms. The van der Waals surface area contributed by atoms with Crippen LogP contribution >= 0.6 is 11.8 Å². The highest BCUT2D eigenvalue weighted by molar-refractivity contribution is 7.99. The van der Waals surface area contributed by atoms with Crippen molar-refractivity contribution in [2.75, 3.05) is 5.73 Å². The molecule has 0 amide bonds. The van der Waals surface area contributed by atoms with Crippen LogP contribution in [0.2, 0.25) is 0 Å². The van der Waals surface area contributed by atoms with Gasteiger partial charge in [0.05, 0.1) is 0 Å². The van der Waals surface area contributed by atoms with E-state index in [9.17, 15) is 4.79 Å². The summed E-state index contributed by atoms with van der Waals surface area (Å²) < 4.78 is 1.58. The van der Waals surface area contributed by atoms with E-state index in [0.29, 0.717) is 28.2 Å². The third kappa shape index (κ3) is 2.95. The fourth-order valence-electron chi connectivity index (χ4n) is 1.61. The minimum atomic E-state index is -0.227. The summed E-state index contributed by atoms with van der Waals surface area (Å²) in [4.78, 5) is 20.1. The highest BCUT2D eigenvalue weighted by atomic mass is 32.2. The molecule has 102 valence electrons. The largest absolute Gasteiger partial charge is 0.384 e. The van der Waals surface area contributed by atoms with Crippen molar-refractivity contribution < 1.29 is 0 Å². The van der Waals surface area contributed by atoms with Crippen LogP contribution in [0, 0.1) is 0 Å². The van der Waals surface area contributed by atoms with Gasteiger partial charge in [-0.25, -0.2) is 19.9 Å². The molecule has 7 nitrogen and oxygen atoms in total. The molecular weight excluding hydrogens is 264 g/mol. The summed E-state index contributed by atoms with van der Waals surface area (Å²) in [7, 11) is 0. The molecule has 0 aliphatic carbocycles. The van der Waals surface area contributed by atoms with E-state index in [0.717, 1.165) is 0 Å². The van der Waals surface area contributed by atoms with E-state index in [1.54, 1.807) is 10.6 Å². The van der Waals surface area contributed by atoms with Crippen LogP contribution in [0.3, 0.4) is 0 Å². The predicted octanol–water partition coefficient (Wildman–Crippen LogP) is 1.24. The number of nitrogens with one attached hydrogen (secondary N) is 1. The van der Waals surface area contributed by atoms with Crippen molar-refractivity contribution in [2.24, 2.45) is 0 Å². The fraction of sp³-hybridized carbons (Fsp3) is 0.455. The fourth-order valence-corrected chi connectivity index (χ4v) is 2.61. The second kappa shape index (κ2) is 5.43. The van der Waals surface area contributed by atoms with Gasteiger partial charge in [-0.1, -0.05) is 6.92 Å². The Labute approximate surface area is 114 Å². The maximum atomic E-state index is 11.6. The molecule has 0 saturated heterocycles. The van der Waals surface area contributed by atoms with Gasteiger partial charge in [0.2, 0.25) is 0 Å². The molecule has 8 heteroatoms. The second-order valence-corrected chi connectivity index (χ2v) is 5.27. The Morgan fingerprint density at radius 3 is 2.84 bits per heavy atom. The molecule has 0 radical (unpaired) electrons. The van der Waals surface area contributed by atoms with Crippen molar-refractivity contribution in [1.29, 1.82) is 0 Å². The standard InChI is InChI=1S/C11H16N6OS/c1-4-8-13-7(12)5-9(14-8)19-11-16-15-10(18)17(11)6(2)3/h5-6H,4H2,1-3H3,(H,15,18)(H2,12,13,14). The minimum Gasteiger partial charge on any atom is -0.384 e. The van der Waals surface area contributed by atoms with Gasteiger partial charge in [0.15, 0.2) is 5.16 Å². The van der Waals surface area contributed by atoms with E-state index in [1.807, 2.05) is 20.8 Å². The van der Waals surface area contributed by atoms with Crippen LogP contribution in [0.5, 0.6) is 0 Å². The molecule has 2 heterocycles. The quantitative estimate of drug-likeness (QED) is 0.817. The van der Waals surface area contributed by atoms with E-state index in [-0.39, 0.29) is 11.7 Å². The van der Waals surface area contributed by atoms with E-state index < -0.39 is 0 Å². The van der Waals surface area contributed by atoms with Crippen LogP contribution in [-0.4, -0.2) is 24.7 Å². The van der Waals surface area contributed by atoms with Gasteiger partial charge < -0.3 is 5.73 Å². The van der Waals surface area contributed by atoms with Gasteiger partial charge in [-0.3, -0.25) is 4.57 Å². The molecule has 2 aromatic heterocycles. The molecule has 0 unspecified atom stereocenters. The smallest absolute Gasteiger partial charge is 0.344 e. The molecule has 0 atom stereocenters. The number of hydrogen-bond donors (Lipinski definition) is 2. The highest BCUT2D eigenvalue weighted by Crippen LogP contribution is 2.25. The first-order valence-electron chi connectivity index (χ1n) is 5.99. The molecule has 0 aliphatic rings. The number of hydrogen-bond acceptors (Lipinski definition) is 6. The third-order valence-electron chi connectivity index (χ3n) is 2.47. The van der Waals surface area contributed by atoms with E-state index in [1.165, 1.54) is 11.8 Å². The third-order valence-corrected chi connectivity index (χ3v) is 3.36. The van der Waals surface area contributed by atoms with E-state index >= 15 is 0 Å². The van der Waals surface area contributed by atoms with Gasteiger partial charge in [-0.15, -0.1) is 5.10 Å². The lowest BCUT2D eigenvalue weighted by Crippen LogP contribution is -2.19. The van der Waals surface area contributed by atoms with Gasteiger partial charge in [0.25, 0.3) is 0 Å². The maximum absolute atomic E-state index is 11.6. The van der Waals surface area contributed by atoms with Crippen LogP contribution < -0.4 is 11.4 Å². The lowest BCUT2D eigenvalue weighted by Gasteiger charge is -2.08. The second-order valence-electron chi connectivity index (χ2n) is 4.28. The lowest BCUT2D eigenvalue weighted by molar-refractivity contribution is 0.534. The van der Waals surface area contributed by atoms with Crippen LogP contribution in [0.1, 0.15) is 32.6 Å². The Hall–Kier alpha value is -1.83. The van der Waals surface area contributed by atoms with Crippen LogP contribution in [0.15, 0.2) is 21.0 Å². The van der Waals surface area contributed by atoms with Crippen molar-refractivity contribution in [3.05, 3.63) is 22.4 Å². The molecule has 2 rings (SSSR count). The van der Waals surface area contributed by atoms with E-state index in [2.05, 4.69) is 20.2 Å². The Bertz CT molecular complexity index is 632. The van der Waals surface area contributed by atoms with Gasteiger partial charge in [0, 0.05) is 18.5 Å². The molecule has 19 heavy (non-hydrogen) atoms. The predicted molar refractivity (Wildman–Crippen MR) is 73.2 cm³/mol. The average Bonchev–Trinajstić information content (AvgIpc) is 2.69. The first-order valence-corrected chi connectivity index (χ1v) is 6.81. The number of rotatable bonds is 4. The highest BCUT2D eigenvalue weighted by Gasteiger charge is 2.14. The van der Waals surface area contributed by atoms with Crippen molar-refractivity contribution in [1.82, 2.24) is 24.7 Å². The molecule has 0 aliphatic heterocycles. The number of nitrogens with zero attached hydrogens (tertiary/aromatic N) is 4. The first kappa shape index (κ1) is 13.6. The number of aryl methyl sites for hydroxylation is 1. The zero-order valence-electron chi connectivity index (χ0n) is 11.0. The number of nitrogen functional groups attached to an aromatic ring is 1. The van der Waals surface area contributed by atoms with Gasteiger partial charge in [-0.2, -0.15) is 0 Å². The Morgan fingerprint density at radius 1 is 1.47 bits per heavy atom. The molecule has 3 N–H and O–H groups in total. The first-order chi connectivity index (χ1) is 9.01. The number of aromatic amines is 1. The zero-order chi connectivity index (χ0) is 14.0. The summed E-state index contributed by atoms with van der Waals surface area (Å²) in [6, 6.07) is 1.70. The number of nitrogens with two attached hydrogens (primary N) is 1. The summed E-state index contributed by atoms with van der Waals surface area (Å²) in [5, 5.41) is 7.70. The summed E-state index contributed by atoms with van der Waals surface area (Å²) in [5.41, 5.74) is 5.50. The van der Waals surface area contributed by atoms with Crippen molar-refractivity contribution in [3.8, 4) is 0 Å². The van der Waals surface area contributed by atoms with Crippen molar-refractivity contribution in [2.45, 2.75) is 43.4 Å². The monoisotopic (exact) mass is 280 g/mol. The Morgan fingerprint density at radius 2 is 2.21 bits per heavy atom. The SMILES string of the molecule is CCc1nc(N)cc(Sc2n[nH]c(=O)n2C(C)C)n1.